The molecule has 124 valence electrons. The van der Waals surface area contributed by atoms with E-state index in [0.717, 1.165) is 5.69 Å². The summed E-state index contributed by atoms with van der Waals surface area (Å²) in [5, 5.41) is 3.00. The van der Waals surface area contributed by atoms with Crippen LogP contribution in [0.5, 0.6) is 0 Å². The quantitative estimate of drug-likeness (QED) is 0.798. The Morgan fingerprint density at radius 1 is 0.920 bits per heavy atom. The number of pyridine rings is 1. The number of carbonyl (C=O) groups excluding carboxylic acids is 1. The molecule has 0 radical (unpaired) electrons. The lowest BCUT2D eigenvalue weighted by atomic mass is 10.0. The fourth-order valence-corrected chi connectivity index (χ4v) is 3.18. The van der Waals surface area contributed by atoms with Crippen molar-refractivity contribution in [3.05, 3.63) is 90.3 Å². The van der Waals surface area contributed by atoms with E-state index in [1.54, 1.807) is 6.20 Å². The Morgan fingerprint density at radius 2 is 1.64 bits per heavy atom. The largest absolute Gasteiger partial charge is 0.334 e. The molecule has 1 aromatic heterocycles. The molecule has 0 bridgehead atoms. The summed E-state index contributed by atoms with van der Waals surface area (Å²) in [6.07, 6.45) is 1.59. The summed E-state index contributed by atoms with van der Waals surface area (Å²) in [6, 6.07) is 24.6. The lowest BCUT2D eigenvalue weighted by Gasteiger charge is -2.22. The van der Waals surface area contributed by atoms with Gasteiger partial charge in [-0.3, -0.25) is 14.7 Å². The fourth-order valence-electron chi connectivity index (χ4n) is 3.18. The molecule has 2 heterocycles. The summed E-state index contributed by atoms with van der Waals surface area (Å²) in [5.41, 5.74) is 4.45. The highest BCUT2D eigenvalue weighted by Gasteiger charge is 2.31. The second-order valence-electron chi connectivity index (χ2n) is 6.19. The third-order valence-corrected chi connectivity index (χ3v) is 4.42. The topological polar surface area (TPSA) is 45.2 Å². The second kappa shape index (κ2) is 6.87. The Kier molecular flexibility index (Phi) is 4.27. The average molecular weight is 329 g/mol. The summed E-state index contributed by atoms with van der Waals surface area (Å²) in [6.45, 7) is 1.09. The number of carbonyl (C=O) groups is 1. The fraction of sp³-hybridized carbons (Fsp3) is 0.143. The Hall–Kier alpha value is -2.98. The number of benzene rings is 2. The summed E-state index contributed by atoms with van der Waals surface area (Å²) in [5.74, 6) is 0.0385. The van der Waals surface area contributed by atoms with E-state index >= 15 is 0 Å². The van der Waals surface area contributed by atoms with Crippen LogP contribution < -0.4 is 5.32 Å². The van der Waals surface area contributed by atoms with Gasteiger partial charge in [-0.05, 0) is 28.8 Å². The molecule has 25 heavy (non-hydrogen) atoms. The molecule has 1 saturated heterocycles. The molecular weight excluding hydrogens is 310 g/mol. The highest BCUT2D eigenvalue weighted by atomic mass is 16.2. The van der Waals surface area contributed by atoms with E-state index in [1.807, 2.05) is 36.4 Å². The summed E-state index contributed by atoms with van der Waals surface area (Å²) in [7, 11) is 0. The van der Waals surface area contributed by atoms with Gasteiger partial charge >= 0.3 is 0 Å². The number of rotatable bonds is 4. The minimum atomic E-state index is -0.164. The molecule has 0 unspecified atom stereocenters. The molecule has 1 aliphatic heterocycles. The van der Waals surface area contributed by atoms with Gasteiger partial charge in [-0.25, -0.2) is 0 Å². The van der Waals surface area contributed by atoms with E-state index in [9.17, 15) is 4.79 Å². The van der Waals surface area contributed by atoms with Crippen molar-refractivity contribution in [3.63, 3.8) is 0 Å². The lowest BCUT2D eigenvalue weighted by Crippen LogP contribution is -2.28. The Balaban J connectivity index is 1.52. The number of nitrogens with zero attached hydrogens (tertiary/aromatic N) is 2. The molecule has 4 heteroatoms. The molecule has 0 saturated carbocycles. The molecule has 1 amide bonds. The van der Waals surface area contributed by atoms with Crippen molar-refractivity contribution < 1.29 is 4.79 Å². The van der Waals surface area contributed by atoms with Gasteiger partial charge in [0, 0.05) is 12.7 Å². The Bertz CT molecular complexity index is 847. The first-order valence-corrected chi connectivity index (χ1v) is 8.38. The van der Waals surface area contributed by atoms with Gasteiger partial charge in [0.15, 0.2) is 0 Å². The first-order valence-electron chi connectivity index (χ1n) is 8.38. The van der Waals surface area contributed by atoms with Crippen LogP contribution in [0.25, 0.3) is 11.1 Å². The van der Waals surface area contributed by atoms with E-state index in [-0.39, 0.29) is 12.1 Å². The zero-order valence-corrected chi connectivity index (χ0v) is 13.8. The van der Waals surface area contributed by atoms with Crippen molar-refractivity contribution in [1.29, 1.82) is 0 Å². The normalized spacial score (nSPS) is 17.4. The predicted octanol–water partition coefficient (Wildman–Crippen LogP) is 3.38. The third kappa shape index (κ3) is 3.44. The van der Waals surface area contributed by atoms with E-state index in [4.69, 9.17) is 0 Å². The SMILES string of the molecule is O=C1CN(Cc2ccc(-c3ccccc3)cc2)[C@H](c2ccccn2)N1. The highest BCUT2D eigenvalue weighted by Crippen LogP contribution is 2.24. The average Bonchev–Trinajstić information content (AvgIpc) is 3.04. The van der Waals surface area contributed by atoms with Crippen LogP contribution in [-0.2, 0) is 11.3 Å². The number of hydrogen-bond donors (Lipinski definition) is 1. The van der Waals surface area contributed by atoms with Gasteiger partial charge < -0.3 is 5.32 Å². The number of aromatic nitrogens is 1. The van der Waals surface area contributed by atoms with Gasteiger partial charge in [0.25, 0.3) is 0 Å². The van der Waals surface area contributed by atoms with Crippen LogP contribution in [0.3, 0.4) is 0 Å². The second-order valence-corrected chi connectivity index (χ2v) is 6.19. The van der Waals surface area contributed by atoms with Crippen molar-refractivity contribution in [2.75, 3.05) is 6.54 Å². The Morgan fingerprint density at radius 3 is 2.36 bits per heavy atom. The lowest BCUT2D eigenvalue weighted by molar-refractivity contribution is -0.118. The monoisotopic (exact) mass is 329 g/mol. The van der Waals surface area contributed by atoms with Crippen LogP contribution in [0, 0.1) is 0 Å². The van der Waals surface area contributed by atoms with Gasteiger partial charge in [-0.1, -0.05) is 60.7 Å². The van der Waals surface area contributed by atoms with Gasteiger partial charge in [-0.15, -0.1) is 0 Å². The first kappa shape index (κ1) is 15.5. The summed E-state index contributed by atoms with van der Waals surface area (Å²) < 4.78 is 0. The van der Waals surface area contributed by atoms with Crippen molar-refractivity contribution in [3.8, 4) is 11.1 Å². The van der Waals surface area contributed by atoms with Gasteiger partial charge in [-0.2, -0.15) is 0 Å². The minimum absolute atomic E-state index is 0.0385. The van der Waals surface area contributed by atoms with E-state index in [2.05, 4.69) is 51.6 Å². The van der Waals surface area contributed by atoms with Crippen LogP contribution in [0.2, 0.25) is 0 Å². The van der Waals surface area contributed by atoms with Crippen LogP contribution in [0.4, 0.5) is 0 Å². The van der Waals surface area contributed by atoms with Crippen molar-refractivity contribution in [2.24, 2.45) is 0 Å². The van der Waals surface area contributed by atoms with Crippen LogP contribution >= 0.6 is 0 Å². The summed E-state index contributed by atoms with van der Waals surface area (Å²) >= 11 is 0. The molecule has 1 aliphatic rings. The highest BCUT2D eigenvalue weighted by molar-refractivity contribution is 5.80. The molecule has 1 N–H and O–H groups in total. The zero-order chi connectivity index (χ0) is 17.1. The van der Waals surface area contributed by atoms with Gasteiger partial charge in [0.05, 0.1) is 12.2 Å². The van der Waals surface area contributed by atoms with Crippen LogP contribution in [-0.4, -0.2) is 22.3 Å². The van der Waals surface area contributed by atoms with Gasteiger partial charge in [0.1, 0.15) is 6.17 Å². The van der Waals surface area contributed by atoms with Crippen molar-refractivity contribution in [2.45, 2.75) is 12.7 Å². The molecule has 1 fully saturated rings. The standard InChI is InChI=1S/C21H19N3O/c25-20-15-24(21(23-20)19-8-4-5-13-22-19)14-16-9-11-18(12-10-16)17-6-2-1-3-7-17/h1-13,21H,14-15H2,(H,23,25)/t21-/m1/s1. The first-order chi connectivity index (χ1) is 12.3. The number of hydrogen-bond acceptors (Lipinski definition) is 3. The molecular formula is C21H19N3O. The molecule has 4 rings (SSSR count). The molecule has 4 nitrogen and oxygen atoms in total. The van der Waals surface area contributed by atoms with E-state index in [1.165, 1.54) is 16.7 Å². The maximum Gasteiger partial charge on any atom is 0.235 e. The maximum absolute atomic E-state index is 11.9. The molecule has 3 aromatic rings. The smallest absolute Gasteiger partial charge is 0.235 e. The third-order valence-electron chi connectivity index (χ3n) is 4.42. The van der Waals surface area contributed by atoms with Crippen molar-refractivity contribution in [1.82, 2.24) is 15.2 Å². The van der Waals surface area contributed by atoms with E-state index < -0.39 is 0 Å². The zero-order valence-electron chi connectivity index (χ0n) is 13.8. The molecule has 2 aromatic carbocycles. The minimum Gasteiger partial charge on any atom is -0.334 e. The predicted molar refractivity (Wildman–Crippen MR) is 97.4 cm³/mol. The van der Waals surface area contributed by atoms with E-state index in [0.29, 0.717) is 13.1 Å². The number of amides is 1. The van der Waals surface area contributed by atoms with Gasteiger partial charge in [0.2, 0.25) is 5.91 Å². The molecule has 0 aliphatic carbocycles. The molecule has 1 atom stereocenters. The number of nitrogens with one attached hydrogen (secondary N) is 1. The summed E-state index contributed by atoms with van der Waals surface area (Å²) in [4.78, 5) is 18.4. The van der Waals surface area contributed by atoms with Crippen LogP contribution in [0.1, 0.15) is 17.4 Å². The molecule has 0 spiro atoms. The van der Waals surface area contributed by atoms with Crippen LogP contribution in [0.15, 0.2) is 79.0 Å². The van der Waals surface area contributed by atoms with Crippen molar-refractivity contribution >= 4 is 5.91 Å². The Labute approximate surface area is 147 Å². The maximum atomic E-state index is 11.9.